The number of sulfonamides is 1. The number of carbonyl (C=O) groups excluding carboxylic acids is 2. The van der Waals surface area contributed by atoms with E-state index in [1.54, 1.807) is 0 Å². The predicted molar refractivity (Wildman–Crippen MR) is 96.9 cm³/mol. The third-order valence-corrected chi connectivity index (χ3v) is 6.33. The fourth-order valence-electron chi connectivity index (χ4n) is 2.75. The Labute approximate surface area is 159 Å². The van der Waals surface area contributed by atoms with Crippen molar-refractivity contribution in [3.8, 4) is 0 Å². The zero-order valence-electron chi connectivity index (χ0n) is 14.9. The highest BCUT2D eigenvalue weighted by Gasteiger charge is 2.40. The average Bonchev–Trinajstić information content (AvgIpc) is 3.03. The van der Waals surface area contributed by atoms with Gasteiger partial charge in [0.05, 0.1) is 30.2 Å². The maximum absolute atomic E-state index is 13.1. The molecule has 1 aliphatic rings. The molecule has 0 aliphatic carbocycles. The van der Waals surface area contributed by atoms with Crippen molar-refractivity contribution in [1.82, 2.24) is 4.31 Å². The fourth-order valence-corrected chi connectivity index (χ4v) is 4.55. The van der Waals surface area contributed by atoms with E-state index in [1.165, 1.54) is 23.5 Å². The maximum atomic E-state index is 13.1. The van der Waals surface area contributed by atoms with E-state index in [9.17, 15) is 18.0 Å². The van der Waals surface area contributed by atoms with E-state index in [-0.39, 0.29) is 40.4 Å². The number of benzene rings is 1. The van der Waals surface area contributed by atoms with Crippen LogP contribution in [0.15, 0.2) is 23.1 Å². The van der Waals surface area contributed by atoms with Gasteiger partial charge in [-0.3, -0.25) is 0 Å². The lowest BCUT2D eigenvalue weighted by atomic mass is 9.90. The third-order valence-electron chi connectivity index (χ3n) is 4.44. The van der Waals surface area contributed by atoms with Crippen LogP contribution < -0.4 is 5.73 Å². The molecule has 10 heteroatoms. The number of esters is 2. The standard InChI is InChI=1S/C16H22N2O6S.ClH/c1-16(9-17)6-7-18(10-16)25(21,22)13-8-11(14(19)23-2)4-5-12(13)15(20)24-3;/h4-5,8H,6-7,9-10,17H2,1-3H3;1H. The zero-order chi connectivity index (χ0) is 18.8. The van der Waals surface area contributed by atoms with Crippen LogP contribution >= 0.6 is 12.4 Å². The monoisotopic (exact) mass is 406 g/mol. The van der Waals surface area contributed by atoms with Crippen LogP contribution in [0.2, 0.25) is 0 Å². The molecule has 8 nitrogen and oxygen atoms in total. The lowest BCUT2D eigenvalue weighted by Crippen LogP contribution is -2.35. The van der Waals surface area contributed by atoms with Crippen molar-refractivity contribution in [3.63, 3.8) is 0 Å². The van der Waals surface area contributed by atoms with Crippen molar-refractivity contribution in [1.29, 1.82) is 0 Å². The summed E-state index contributed by atoms with van der Waals surface area (Å²) in [7, 11) is -1.65. The summed E-state index contributed by atoms with van der Waals surface area (Å²) in [6.07, 6.45) is 0.618. The van der Waals surface area contributed by atoms with Gasteiger partial charge in [0.25, 0.3) is 0 Å². The van der Waals surface area contributed by atoms with Crippen LogP contribution in [-0.2, 0) is 19.5 Å². The Morgan fingerprint density at radius 3 is 2.35 bits per heavy atom. The van der Waals surface area contributed by atoms with Crippen molar-refractivity contribution in [3.05, 3.63) is 29.3 Å². The Balaban J connectivity index is 0.00000338. The van der Waals surface area contributed by atoms with Crippen LogP contribution in [0.25, 0.3) is 0 Å². The van der Waals surface area contributed by atoms with E-state index >= 15 is 0 Å². The van der Waals surface area contributed by atoms with Crippen LogP contribution in [0.1, 0.15) is 34.1 Å². The van der Waals surface area contributed by atoms with Crippen LogP contribution in [0, 0.1) is 5.41 Å². The summed E-state index contributed by atoms with van der Waals surface area (Å²) >= 11 is 0. The largest absolute Gasteiger partial charge is 0.465 e. The topological polar surface area (TPSA) is 116 Å². The quantitative estimate of drug-likeness (QED) is 0.726. The van der Waals surface area contributed by atoms with Crippen LogP contribution in [0.5, 0.6) is 0 Å². The summed E-state index contributed by atoms with van der Waals surface area (Å²) in [6.45, 7) is 2.80. The first-order valence-electron chi connectivity index (χ1n) is 7.69. The van der Waals surface area contributed by atoms with E-state index in [4.69, 9.17) is 5.73 Å². The van der Waals surface area contributed by atoms with E-state index in [2.05, 4.69) is 9.47 Å². The second-order valence-electron chi connectivity index (χ2n) is 6.30. The summed E-state index contributed by atoms with van der Waals surface area (Å²) in [5, 5.41) is 0. The lowest BCUT2D eigenvalue weighted by molar-refractivity contribution is 0.0583. The Bertz CT molecular complexity index is 798. The van der Waals surface area contributed by atoms with Crippen molar-refractivity contribution in [2.75, 3.05) is 33.9 Å². The molecule has 2 rings (SSSR count). The summed E-state index contributed by atoms with van der Waals surface area (Å²) in [5.41, 5.74) is 5.32. The molecule has 1 aromatic carbocycles. The van der Waals surface area contributed by atoms with Crippen molar-refractivity contribution >= 4 is 34.4 Å². The van der Waals surface area contributed by atoms with Gasteiger partial charge in [0.2, 0.25) is 10.0 Å². The van der Waals surface area contributed by atoms with E-state index in [0.29, 0.717) is 19.5 Å². The van der Waals surface area contributed by atoms with E-state index in [0.717, 1.165) is 13.2 Å². The minimum Gasteiger partial charge on any atom is -0.465 e. The molecule has 1 heterocycles. The molecule has 1 saturated heterocycles. The third kappa shape index (κ3) is 4.17. The van der Waals surface area contributed by atoms with Crippen molar-refractivity contribution in [2.24, 2.45) is 11.1 Å². The van der Waals surface area contributed by atoms with Gasteiger partial charge in [-0.2, -0.15) is 4.31 Å². The molecule has 0 bridgehead atoms. The first-order valence-corrected chi connectivity index (χ1v) is 9.13. The normalized spacial score (nSPS) is 20.3. The van der Waals surface area contributed by atoms with E-state index < -0.39 is 22.0 Å². The van der Waals surface area contributed by atoms with Gasteiger partial charge in [0.1, 0.15) is 0 Å². The Hall–Kier alpha value is -1.68. The fraction of sp³-hybridized carbons (Fsp3) is 0.500. The number of hydrogen-bond donors (Lipinski definition) is 1. The molecule has 0 saturated carbocycles. The summed E-state index contributed by atoms with van der Waals surface area (Å²) < 4.78 is 36.7. The number of halogens is 1. The molecular formula is C16H23ClN2O6S. The van der Waals surface area contributed by atoms with Crippen molar-refractivity contribution < 1.29 is 27.5 Å². The van der Waals surface area contributed by atoms with Crippen molar-refractivity contribution in [2.45, 2.75) is 18.2 Å². The van der Waals surface area contributed by atoms with Crippen LogP contribution in [0.3, 0.4) is 0 Å². The predicted octanol–water partition coefficient (Wildman–Crippen LogP) is 1.04. The van der Waals surface area contributed by atoms with Gasteiger partial charge in [-0.25, -0.2) is 18.0 Å². The van der Waals surface area contributed by atoms with Gasteiger partial charge in [0, 0.05) is 13.1 Å². The molecule has 1 unspecified atom stereocenters. The number of methoxy groups -OCH3 is 2. The first kappa shape index (κ1) is 22.4. The van der Waals surface area contributed by atoms with Gasteiger partial charge < -0.3 is 15.2 Å². The van der Waals surface area contributed by atoms with Gasteiger partial charge in [-0.15, -0.1) is 12.4 Å². The molecule has 0 radical (unpaired) electrons. The number of rotatable bonds is 5. The minimum absolute atomic E-state index is 0. The highest BCUT2D eigenvalue weighted by Crippen LogP contribution is 2.33. The molecule has 1 aromatic rings. The van der Waals surface area contributed by atoms with Gasteiger partial charge >= 0.3 is 11.9 Å². The number of carbonyl (C=O) groups is 2. The summed E-state index contributed by atoms with van der Waals surface area (Å²) in [5.74, 6) is -1.49. The number of hydrogen-bond acceptors (Lipinski definition) is 7. The SMILES string of the molecule is COC(=O)c1ccc(C(=O)OC)c(S(=O)(=O)N2CCC(C)(CN)C2)c1.Cl. The highest BCUT2D eigenvalue weighted by atomic mass is 35.5. The minimum atomic E-state index is -4.00. The summed E-state index contributed by atoms with van der Waals surface area (Å²) in [4.78, 5) is 23.5. The molecular weight excluding hydrogens is 384 g/mol. The second kappa shape index (κ2) is 8.34. The second-order valence-corrected chi connectivity index (χ2v) is 8.20. The van der Waals surface area contributed by atoms with Gasteiger partial charge in [-0.1, -0.05) is 6.92 Å². The highest BCUT2D eigenvalue weighted by molar-refractivity contribution is 7.89. The molecule has 26 heavy (non-hydrogen) atoms. The van der Waals surface area contributed by atoms with Crippen LogP contribution in [-0.4, -0.2) is 58.5 Å². The summed E-state index contributed by atoms with van der Waals surface area (Å²) in [6, 6.07) is 3.72. The lowest BCUT2D eigenvalue weighted by Gasteiger charge is -2.23. The molecule has 0 aromatic heterocycles. The Kier molecular flexibility index (Phi) is 7.17. The molecule has 1 aliphatic heterocycles. The Morgan fingerprint density at radius 1 is 1.23 bits per heavy atom. The first-order chi connectivity index (χ1) is 11.7. The van der Waals surface area contributed by atoms with Crippen LogP contribution in [0.4, 0.5) is 0 Å². The molecule has 146 valence electrons. The average molecular weight is 407 g/mol. The maximum Gasteiger partial charge on any atom is 0.339 e. The van der Waals surface area contributed by atoms with Gasteiger partial charge in [-0.05, 0) is 36.6 Å². The zero-order valence-corrected chi connectivity index (χ0v) is 16.5. The number of ether oxygens (including phenoxy) is 2. The smallest absolute Gasteiger partial charge is 0.339 e. The molecule has 0 spiro atoms. The molecule has 0 amide bonds. The van der Waals surface area contributed by atoms with Gasteiger partial charge in [0.15, 0.2) is 0 Å². The molecule has 1 atom stereocenters. The Morgan fingerprint density at radius 2 is 1.85 bits per heavy atom. The van der Waals surface area contributed by atoms with E-state index in [1.807, 2.05) is 6.92 Å². The molecule has 1 fully saturated rings. The molecule has 2 N–H and O–H groups in total. The number of nitrogens with two attached hydrogens (primary N) is 1. The number of nitrogens with zero attached hydrogens (tertiary/aromatic N) is 1.